The molecule has 1 rings (SSSR count). The number of pyridine rings is 1. The van der Waals surface area contributed by atoms with E-state index in [-0.39, 0.29) is 0 Å². The molecule has 0 aliphatic rings. The third-order valence-corrected chi connectivity index (χ3v) is 2.31. The first kappa shape index (κ1) is 14.5. The van der Waals surface area contributed by atoms with Gasteiger partial charge in [-0.1, -0.05) is 25.4 Å². The lowest BCUT2D eigenvalue weighted by Crippen LogP contribution is -1.87. The van der Waals surface area contributed by atoms with Crippen LogP contribution in [0.2, 0.25) is 5.02 Å². The van der Waals surface area contributed by atoms with Crippen molar-refractivity contribution in [1.29, 1.82) is 0 Å². The van der Waals surface area contributed by atoms with E-state index in [9.17, 15) is 0 Å². The third kappa shape index (κ3) is 4.67. The van der Waals surface area contributed by atoms with Crippen molar-refractivity contribution >= 4 is 34.6 Å². The topological polar surface area (TPSA) is 25.2 Å². The summed E-state index contributed by atoms with van der Waals surface area (Å²) in [5.74, 6) is 0. The Labute approximate surface area is 101 Å². The number of thioether (sulfide) groups is 1. The second-order valence-corrected chi connectivity index (χ2v) is 3.72. The Balaban J connectivity index is 0.000000921. The quantitative estimate of drug-likeness (QED) is 0.569. The van der Waals surface area contributed by atoms with Gasteiger partial charge >= 0.3 is 0 Å². The van der Waals surface area contributed by atoms with Crippen molar-refractivity contribution in [3.05, 3.63) is 22.5 Å². The van der Waals surface area contributed by atoms with E-state index in [2.05, 4.69) is 9.98 Å². The van der Waals surface area contributed by atoms with Crippen LogP contribution in [0.5, 0.6) is 0 Å². The van der Waals surface area contributed by atoms with E-state index in [0.29, 0.717) is 5.02 Å². The first-order valence-corrected chi connectivity index (χ1v) is 6.51. The highest BCUT2D eigenvalue weighted by Gasteiger charge is 2.02. The van der Waals surface area contributed by atoms with Crippen molar-refractivity contribution in [2.45, 2.75) is 27.7 Å². The molecule has 0 aromatic carbocycles. The van der Waals surface area contributed by atoms with Crippen molar-refractivity contribution < 1.29 is 0 Å². The van der Waals surface area contributed by atoms with Crippen LogP contribution in [-0.4, -0.2) is 16.8 Å². The molecule has 15 heavy (non-hydrogen) atoms. The van der Waals surface area contributed by atoms with E-state index in [1.54, 1.807) is 17.3 Å². The van der Waals surface area contributed by atoms with Gasteiger partial charge in [-0.3, -0.25) is 4.98 Å². The van der Waals surface area contributed by atoms with E-state index < -0.39 is 0 Å². The van der Waals surface area contributed by atoms with Crippen LogP contribution in [0.25, 0.3) is 0 Å². The first-order valence-electron chi connectivity index (χ1n) is 4.84. The molecule has 0 unspecified atom stereocenters. The molecule has 1 heterocycles. The average molecular weight is 245 g/mol. The summed E-state index contributed by atoms with van der Waals surface area (Å²) >= 11 is 7.47. The highest BCUT2D eigenvalue weighted by atomic mass is 35.5. The van der Waals surface area contributed by atoms with E-state index in [4.69, 9.17) is 11.6 Å². The molecular formula is C11H17ClN2S. The molecular weight excluding hydrogens is 228 g/mol. The zero-order chi connectivity index (χ0) is 11.8. The van der Waals surface area contributed by atoms with Gasteiger partial charge in [0.15, 0.2) is 0 Å². The van der Waals surface area contributed by atoms with Crippen LogP contribution in [0.4, 0.5) is 5.69 Å². The standard InChI is InChI=1S/C9H11ClN2S.C2H6/c1-6-8(10)4-9(7(2)12-6)11-5-13-3;1-2/h4-5H,1-3H3;1-2H3. The fourth-order valence-corrected chi connectivity index (χ4v) is 1.30. The van der Waals surface area contributed by atoms with Crippen molar-refractivity contribution in [2.24, 2.45) is 4.99 Å². The average Bonchev–Trinajstić information content (AvgIpc) is 2.24. The van der Waals surface area contributed by atoms with Gasteiger partial charge < -0.3 is 0 Å². The van der Waals surface area contributed by atoms with Crippen LogP contribution in [0.3, 0.4) is 0 Å². The second-order valence-electron chi connectivity index (χ2n) is 2.63. The lowest BCUT2D eigenvalue weighted by molar-refractivity contribution is 1.12. The lowest BCUT2D eigenvalue weighted by Gasteiger charge is -2.02. The van der Waals surface area contributed by atoms with Gasteiger partial charge in [-0.2, -0.15) is 0 Å². The highest BCUT2D eigenvalue weighted by molar-refractivity contribution is 8.11. The normalized spacial score (nSPS) is 10.0. The SMILES string of the molecule is CC.CSC=Nc1cc(Cl)c(C)nc1C. The van der Waals surface area contributed by atoms with E-state index in [1.165, 1.54) is 0 Å². The molecule has 0 spiro atoms. The van der Waals surface area contributed by atoms with Crippen molar-refractivity contribution in [1.82, 2.24) is 4.98 Å². The fraction of sp³-hybridized carbons (Fsp3) is 0.455. The van der Waals surface area contributed by atoms with Crippen molar-refractivity contribution in [2.75, 3.05) is 6.26 Å². The summed E-state index contributed by atoms with van der Waals surface area (Å²) in [6.07, 6.45) is 1.96. The highest BCUT2D eigenvalue weighted by Crippen LogP contribution is 2.23. The number of aryl methyl sites for hydroxylation is 2. The monoisotopic (exact) mass is 244 g/mol. The lowest BCUT2D eigenvalue weighted by atomic mass is 10.3. The van der Waals surface area contributed by atoms with Gasteiger partial charge in [0.1, 0.15) is 0 Å². The summed E-state index contributed by atoms with van der Waals surface area (Å²) in [6.45, 7) is 7.81. The second kappa shape index (κ2) is 7.71. The number of hydrogen-bond acceptors (Lipinski definition) is 3. The number of halogens is 1. The van der Waals surface area contributed by atoms with Gasteiger partial charge in [-0.05, 0) is 26.2 Å². The van der Waals surface area contributed by atoms with Crippen LogP contribution in [-0.2, 0) is 0 Å². The molecule has 1 aromatic heterocycles. The van der Waals surface area contributed by atoms with E-state index in [0.717, 1.165) is 17.1 Å². The molecule has 2 nitrogen and oxygen atoms in total. The molecule has 0 bridgehead atoms. The summed E-state index contributed by atoms with van der Waals surface area (Å²) in [5, 5.41) is 0.666. The zero-order valence-corrected chi connectivity index (χ0v) is 11.4. The van der Waals surface area contributed by atoms with E-state index >= 15 is 0 Å². The number of aromatic nitrogens is 1. The number of rotatable bonds is 2. The molecule has 0 aliphatic carbocycles. The molecule has 0 N–H and O–H groups in total. The smallest absolute Gasteiger partial charge is 0.0863 e. The van der Waals surface area contributed by atoms with Crippen LogP contribution in [0, 0.1) is 13.8 Å². The summed E-state index contributed by atoms with van der Waals surface area (Å²) in [6, 6.07) is 1.84. The Morgan fingerprint density at radius 2 is 1.93 bits per heavy atom. The Morgan fingerprint density at radius 1 is 1.33 bits per heavy atom. The largest absolute Gasteiger partial charge is 0.255 e. The maximum atomic E-state index is 5.92. The molecule has 0 amide bonds. The molecule has 0 aliphatic heterocycles. The molecule has 0 saturated heterocycles. The van der Waals surface area contributed by atoms with Gasteiger partial charge in [0.2, 0.25) is 0 Å². The van der Waals surface area contributed by atoms with Crippen LogP contribution in [0.1, 0.15) is 25.2 Å². The zero-order valence-electron chi connectivity index (χ0n) is 9.84. The van der Waals surface area contributed by atoms with Gasteiger partial charge in [-0.25, -0.2) is 4.99 Å². The van der Waals surface area contributed by atoms with Gasteiger partial charge in [0.25, 0.3) is 0 Å². The maximum Gasteiger partial charge on any atom is 0.0863 e. The number of hydrogen-bond donors (Lipinski definition) is 0. The predicted octanol–water partition coefficient (Wildman–Crippen LogP) is 4.40. The van der Waals surface area contributed by atoms with Crippen LogP contribution < -0.4 is 0 Å². The Morgan fingerprint density at radius 3 is 2.47 bits per heavy atom. The molecule has 84 valence electrons. The molecule has 0 atom stereocenters. The minimum absolute atomic E-state index is 0.666. The summed E-state index contributed by atoms with van der Waals surface area (Å²) in [7, 11) is 0. The molecule has 4 heteroatoms. The van der Waals surface area contributed by atoms with Crippen LogP contribution >= 0.6 is 23.4 Å². The molecule has 0 saturated carbocycles. The van der Waals surface area contributed by atoms with Crippen molar-refractivity contribution in [3.63, 3.8) is 0 Å². The third-order valence-electron chi connectivity index (χ3n) is 1.61. The molecule has 0 fully saturated rings. The first-order chi connectivity index (χ1) is 7.15. The van der Waals surface area contributed by atoms with Gasteiger partial charge in [0.05, 0.1) is 27.6 Å². The van der Waals surface area contributed by atoms with Gasteiger partial charge in [0, 0.05) is 0 Å². The number of aliphatic imine (C=N–C) groups is 1. The Kier molecular flexibility index (Phi) is 7.44. The molecule has 1 aromatic rings. The Hall–Kier alpha value is -0.540. The summed E-state index contributed by atoms with van der Waals surface area (Å²) < 4.78 is 0. The minimum Gasteiger partial charge on any atom is -0.255 e. The fourth-order valence-electron chi connectivity index (χ4n) is 0.931. The maximum absolute atomic E-state index is 5.92. The van der Waals surface area contributed by atoms with Crippen molar-refractivity contribution in [3.8, 4) is 0 Å². The summed E-state index contributed by atoms with van der Waals surface area (Å²) in [4.78, 5) is 8.49. The van der Waals surface area contributed by atoms with Crippen LogP contribution in [0.15, 0.2) is 11.1 Å². The number of nitrogens with zero attached hydrogens (tertiary/aromatic N) is 2. The Bertz CT molecular complexity index is 338. The summed E-state index contributed by atoms with van der Waals surface area (Å²) in [5.41, 5.74) is 4.37. The molecule has 0 radical (unpaired) electrons. The predicted molar refractivity (Wildman–Crippen MR) is 71.7 cm³/mol. The van der Waals surface area contributed by atoms with E-state index in [1.807, 2.05) is 40.0 Å². The van der Waals surface area contributed by atoms with Gasteiger partial charge in [-0.15, -0.1) is 11.8 Å². The minimum atomic E-state index is 0.666.